The van der Waals surface area contributed by atoms with Crippen molar-refractivity contribution in [1.82, 2.24) is 4.57 Å². The fourth-order valence-corrected chi connectivity index (χ4v) is 2.18. The minimum atomic E-state index is 0.150. The quantitative estimate of drug-likeness (QED) is 0.881. The van der Waals surface area contributed by atoms with Crippen molar-refractivity contribution < 1.29 is 9.84 Å². The Bertz CT molecular complexity index is 516. The Labute approximate surface area is 102 Å². The third-order valence-electron chi connectivity index (χ3n) is 3.26. The molecule has 0 aliphatic heterocycles. The Balaban J connectivity index is 2.65. The molecule has 0 spiro atoms. The van der Waals surface area contributed by atoms with Crippen molar-refractivity contribution in [3.05, 3.63) is 30.0 Å². The Kier molecular flexibility index (Phi) is 3.38. The van der Waals surface area contributed by atoms with Gasteiger partial charge in [0.15, 0.2) is 0 Å². The van der Waals surface area contributed by atoms with E-state index >= 15 is 0 Å². The molecule has 0 aliphatic rings. The number of rotatable bonds is 4. The van der Waals surface area contributed by atoms with E-state index in [9.17, 15) is 5.11 Å². The van der Waals surface area contributed by atoms with Crippen LogP contribution >= 0.6 is 0 Å². The molecule has 1 N–H and O–H groups in total. The summed E-state index contributed by atoms with van der Waals surface area (Å²) in [6.07, 6.45) is 2.13. The van der Waals surface area contributed by atoms with Crippen LogP contribution in [0.4, 0.5) is 0 Å². The molecule has 3 heteroatoms. The lowest BCUT2D eigenvalue weighted by Crippen LogP contribution is -1.98. The first-order valence-electron chi connectivity index (χ1n) is 5.98. The molecule has 0 fully saturated rings. The second-order valence-electron chi connectivity index (χ2n) is 4.34. The Morgan fingerprint density at radius 2 is 2.18 bits per heavy atom. The van der Waals surface area contributed by atoms with Crippen LogP contribution in [-0.4, -0.2) is 23.4 Å². The average Bonchev–Trinajstić information content (AvgIpc) is 2.75. The Morgan fingerprint density at radius 3 is 2.76 bits per heavy atom. The van der Waals surface area contributed by atoms with E-state index in [0.717, 1.165) is 12.3 Å². The van der Waals surface area contributed by atoms with Crippen LogP contribution in [0.1, 0.15) is 25.3 Å². The maximum Gasteiger partial charge on any atom is 0.119 e. The smallest absolute Gasteiger partial charge is 0.119 e. The fraction of sp³-hybridized carbons (Fsp3) is 0.429. The molecular formula is C14H19NO2. The minimum absolute atomic E-state index is 0.150. The maximum absolute atomic E-state index is 9.32. The highest BCUT2D eigenvalue weighted by molar-refractivity contribution is 5.86. The number of aliphatic hydroxyl groups is 1. The van der Waals surface area contributed by atoms with Crippen molar-refractivity contribution in [2.45, 2.75) is 26.3 Å². The summed E-state index contributed by atoms with van der Waals surface area (Å²) in [6, 6.07) is 6.09. The molecule has 0 amide bonds. The van der Waals surface area contributed by atoms with Crippen molar-refractivity contribution in [3.8, 4) is 5.75 Å². The van der Waals surface area contributed by atoms with Gasteiger partial charge in [0.2, 0.25) is 0 Å². The summed E-state index contributed by atoms with van der Waals surface area (Å²) < 4.78 is 7.47. The molecule has 0 bridgehead atoms. The predicted octanol–water partition coefficient (Wildman–Crippen LogP) is 2.77. The van der Waals surface area contributed by atoms with Crippen molar-refractivity contribution in [2.24, 2.45) is 0 Å². The van der Waals surface area contributed by atoms with Crippen LogP contribution < -0.4 is 4.74 Å². The van der Waals surface area contributed by atoms with Gasteiger partial charge in [-0.3, -0.25) is 0 Å². The molecule has 0 aliphatic carbocycles. The number of benzene rings is 1. The Hall–Kier alpha value is -1.48. The molecule has 1 unspecified atom stereocenters. The largest absolute Gasteiger partial charge is 0.497 e. The van der Waals surface area contributed by atoms with Crippen molar-refractivity contribution >= 4 is 10.9 Å². The van der Waals surface area contributed by atoms with Gasteiger partial charge in [-0.05, 0) is 30.7 Å². The number of ether oxygens (including phenoxy) is 1. The number of aromatic nitrogens is 1. The summed E-state index contributed by atoms with van der Waals surface area (Å²) >= 11 is 0. The lowest BCUT2D eigenvalue weighted by Gasteiger charge is -2.06. The predicted molar refractivity (Wildman–Crippen MR) is 69.7 cm³/mol. The van der Waals surface area contributed by atoms with Crippen molar-refractivity contribution in [1.29, 1.82) is 0 Å². The standard InChI is InChI=1S/C14H19NO2/c1-4-15-8-13(10(2)9-16)12-7-11(17-3)5-6-14(12)15/h5-8,10,16H,4,9H2,1-3H3. The van der Waals surface area contributed by atoms with Gasteiger partial charge in [-0.2, -0.15) is 0 Å². The summed E-state index contributed by atoms with van der Waals surface area (Å²) in [4.78, 5) is 0. The molecule has 2 rings (SSSR count). The van der Waals surface area contributed by atoms with E-state index < -0.39 is 0 Å². The highest BCUT2D eigenvalue weighted by Gasteiger charge is 2.13. The SMILES string of the molecule is CCn1cc(C(C)CO)c2cc(OC)ccc21. The van der Waals surface area contributed by atoms with Crippen LogP contribution in [0.15, 0.2) is 24.4 Å². The molecule has 3 nitrogen and oxygen atoms in total. The second-order valence-corrected chi connectivity index (χ2v) is 4.34. The van der Waals surface area contributed by atoms with Gasteiger partial charge in [0.05, 0.1) is 7.11 Å². The van der Waals surface area contributed by atoms with E-state index in [1.807, 2.05) is 19.1 Å². The zero-order chi connectivity index (χ0) is 12.4. The molecule has 1 aromatic heterocycles. The van der Waals surface area contributed by atoms with Gasteiger partial charge in [-0.15, -0.1) is 0 Å². The number of hydrogen-bond acceptors (Lipinski definition) is 2. The molecule has 1 atom stereocenters. The first kappa shape index (κ1) is 12.0. The fourth-order valence-electron chi connectivity index (χ4n) is 2.18. The number of aliphatic hydroxyl groups excluding tert-OH is 1. The molecule has 92 valence electrons. The van der Waals surface area contributed by atoms with Gasteiger partial charge in [0.25, 0.3) is 0 Å². The van der Waals surface area contributed by atoms with Gasteiger partial charge in [-0.25, -0.2) is 0 Å². The summed E-state index contributed by atoms with van der Waals surface area (Å²) in [6.45, 7) is 5.26. The molecular weight excluding hydrogens is 214 g/mol. The first-order valence-corrected chi connectivity index (χ1v) is 5.98. The van der Waals surface area contributed by atoms with Gasteiger partial charge in [0.1, 0.15) is 5.75 Å². The van der Waals surface area contributed by atoms with E-state index in [-0.39, 0.29) is 12.5 Å². The number of hydrogen-bond donors (Lipinski definition) is 1. The average molecular weight is 233 g/mol. The zero-order valence-corrected chi connectivity index (χ0v) is 10.6. The lowest BCUT2D eigenvalue weighted by atomic mass is 10.0. The number of aryl methyl sites for hydroxylation is 1. The van der Waals surface area contributed by atoms with Crippen LogP contribution in [-0.2, 0) is 6.54 Å². The van der Waals surface area contributed by atoms with E-state index in [0.29, 0.717) is 0 Å². The van der Waals surface area contributed by atoms with Gasteiger partial charge in [-0.1, -0.05) is 6.92 Å². The molecule has 0 saturated heterocycles. The number of methoxy groups -OCH3 is 1. The maximum atomic E-state index is 9.32. The summed E-state index contributed by atoms with van der Waals surface area (Å²) in [5.74, 6) is 1.01. The third kappa shape index (κ3) is 2.03. The zero-order valence-electron chi connectivity index (χ0n) is 10.6. The van der Waals surface area contributed by atoms with Gasteiger partial charge < -0.3 is 14.4 Å². The molecule has 2 aromatic rings. The van der Waals surface area contributed by atoms with Gasteiger partial charge in [0, 0.05) is 36.2 Å². The normalized spacial score (nSPS) is 12.9. The molecule has 0 radical (unpaired) electrons. The summed E-state index contributed by atoms with van der Waals surface area (Å²) in [5, 5.41) is 10.5. The van der Waals surface area contributed by atoms with Crippen molar-refractivity contribution in [3.63, 3.8) is 0 Å². The second kappa shape index (κ2) is 4.80. The third-order valence-corrected chi connectivity index (χ3v) is 3.26. The highest BCUT2D eigenvalue weighted by Crippen LogP contribution is 2.30. The van der Waals surface area contributed by atoms with Crippen LogP contribution in [0.3, 0.4) is 0 Å². The van der Waals surface area contributed by atoms with E-state index in [4.69, 9.17) is 4.74 Å². The monoisotopic (exact) mass is 233 g/mol. The van der Waals surface area contributed by atoms with E-state index in [1.165, 1.54) is 16.5 Å². The molecule has 0 saturated carbocycles. The minimum Gasteiger partial charge on any atom is -0.497 e. The van der Waals surface area contributed by atoms with Crippen LogP contribution in [0.25, 0.3) is 10.9 Å². The van der Waals surface area contributed by atoms with Crippen LogP contribution in [0.5, 0.6) is 5.75 Å². The number of fused-ring (bicyclic) bond motifs is 1. The molecule has 17 heavy (non-hydrogen) atoms. The van der Waals surface area contributed by atoms with E-state index in [1.54, 1.807) is 7.11 Å². The van der Waals surface area contributed by atoms with Crippen LogP contribution in [0.2, 0.25) is 0 Å². The lowest BCUT2D eigenvalue weighted by molar-refractivity contribution is 0.273. The molecule has 1 heterocycles. The van der Waals surface area contributed by atoms with Gasteiger partial charge >= 0.3 is 0 Å². The highest BCUT2D eigenvalue weighted by atomic mass is 16.5. The summed E-state index contributed by atoms with van der Waals surface area (Å²) in [7, 11) is 1.67. The first-order chi connectivity index (χ1) is 8.21. The molecule has 1 aromatic carbocycles. The number of nitrogens with zero attached hydrogens (tertiary/aromatic N) is 1. The Morgan fingerprint density at radius 1 is 1.41 bits per heavy atom. The van der Waals surface area contributed by atoms with Crippen molar-refractivity contribution in [2.75, 3.05) is 13.7 Å². The topological polar surface area (TPSA) is 34.4 Å². The summed E-state index contributed by atoms with van der Waals surface area (Å²) in [5.41, 5.74) is 2.38. The van der Waals surface area contributed by atoms with E-state index in [2.05, 4.69) is 23.8 Å². The van der Waals surface area contributed by atoms with Crippen LogP contribution in [0, 0.1) is 0 Å².